The SMILES string of the molecule is CCC(CC)c1c(C(=O)O)nnn1-c1ccc(C(N)=O)cc1. The zero-order valence-corrected chi connectivity index (χ0v) is 12.5. The molecule has 0 radical (unpaired) electrons. The number of hydrogen-bond donors (Lipinski definition) is 2. The van der Waals surface area contributed by atoms with E-state index in [0.29, 0.717) is 16.9 Å². The van der Waals surface area contributed by atoms with Crippen molar-refractivity contribution in [3.8, 4) is 5.69 Å². The Kier molecular flexibility index (Phi) is 4.55. The number of carbonyl (C=O) groups excluding carboxylic acids is 1. The standard InChI is InChI=1S/C15H18N4O3/c1-3-9(4-2)13-12(15(21)22)17-18-19(13)11-7-5-10(6-8-11)14(16)20/h5-9H,3-4H2,1-2H3,(H2,16,20)(H,21,22). The molecule has 3 N–H and O–H groups in total. The summed E-state index contributed by atoms with van der Waals surface area (Å²) in [4.78, 5) is 22.5. The predicted molar refractivity (Wildman–Crippen MR) is 80.2 cm³/mol. The van der Waals surface area contributed by atoms with Gasteiger partial charge in [0, 0.05) is 11.5 Å². The Balaban J connectivity index is 2.55. The van der Waals surface area contributed by atoms with Crippen LogP contribution < -0.4 is 5.73 Å². The molecule has 0 aliphatic heterocycles. The highest BCUT2D eigenvalue weighted by Gasteiger charge is 2.25. The smallest absolute Gasteiger partial charge is 0.358 e. The fourth-order valence-electron chi connectivity index (χ4n) is 2.44. The van der Waals surface area contributed by atoms with Crippen molar-refractivity contribution in [2.24, 2.45) is 5.73 Å². The summed E-state index contributed by atoms with van der Waals surface area (Å²) < 4.78 is 1.52. The molecule has 2 aromatic rings. The Labute approximate surface area is 127 Å². The van der Waals surface area contributed by atoms with Gasteiger partial charge in [-0.2, -0.15) is 0 Å². The van der Waals surface area contributed by atoms with Gasteiger partial charge in [0.1, 0.15) is 0 Å². The average Bonchev–Trinajstić information content (AvgIpc) is 2.94. The highest BCUT2D eigenvalue weighted by atomic mass is 16.4. The maximum Gasteiger partial charge on any atom is 0.358 e. The summed E-state index contributed by atoms with van der Waals surface area (Å²) in [5, 5.41) is 17.1. The first-order valence-corrected chi connectivity index (χ1v) is 7.08. The van der Waals surface area contributed by atoms with Crippen molar-refractivity contribution in [1.82, 2.24) is 15.0 Å². The fourth-order valence-corrected chi connectivity index (χ4v) is 2.44. The second kappa shape index (κ2) is 6.38. The van der Waals surface area contributed by atoms with E-state index in [4.69, 9.17) is 5.73 Å². The molecule has 0 spiro atoms. The summed E-state index contributed by atoms with van der Waals surface area (Å²) in [7, 11) is 0. The van der Waals surface area contributed by atoms with Gasteiger partial charge in [0.2, 0.25) is 5.91 Å². The second-order valence-electron chi connectivity index (χ2n) is 4.96. The molecule has 1 amide bonds. The molecule has 1 heterocycles. The molecule has 1 aromatic heterocycles. The molecule has 0 atom stereocenters. The van der Waals surface area contributed by atoms with Crippen LogP contribution in [0.15, 0.2) is 24.3 Å². The topological polar surface area (TPSA) is 111 Å². The number of rotatable bonds is 6. The molecule has 0 aliphatic carbocycles. The van der Waals surface area contributed by atoms with Crippen LogP contribution in [0, 0.1) is 0 Å². The number of nitrogens with zero attached hydrogens (tertiary/aromatic N) is 3. The third-order valence-corrected chi connectivity index (χ3v) is 3.68. The first-order valence-electron chi connectivity index (χ1n) is 7.08. The molecule has 7 nitrogen and oxygen atoms in total. The highest BCUT2D eigenvalue weighted by molar-refractivity contribution is 5.93. The van der Waals surface area contributed by atoms with E-state index in [9.17, 15) is 14.7 Å². The summed E-state index contributed by atoms with van der Waals surface area (Å²) in [5.74, 6) is -1.57. The van der Waals surface area contributed by atoms with Crippen molar-refractivity contribution in [3.63, 3.8) is 0 Å². The lowest BCUT2D eigenvalue weighted by molar-refractivity contribution is 0.0688. The molecular weight excluding hydrogens is 284 g/mol. The van der Waals surface area contributed by atoms with Gasteiger partial charge in [-0.05, 0) is 37.1 Å². The van der Waals surface area contributed by atoms with Gasteiger partial charge in [-0.1, -0.05) is 19.1 Å². The fraction of sp³-hybridized carbons (Fsp3) is 0.333. The minimum absolute atomic E-state index is 0.0346. The molecule has 0 fully saturated rings. The minimum atomic E-state index is -1.10. The first kappa shape index (κ1) is 15.7. The van der Waals surface area contributed by atoms with Gasteiger partial charge in [-0.25, -0.2) is 9.48 Å². The average molecular weight is 302 g/mol. The van der Waals surface area contributed by atoms with Crippen LogP contribution in [-0.4, -0.2) is 32.0 Å². The third-order valence-electron chi connectivity index (χ3n) is 3.68. The van der Waals surface area contributed by atoms with Crippen molar-refractivity contribution in [2.75, 3.05) is 0 Å². The predicted octanol–water partition coefficient (Wildman–Crippen LogP) is 1.97. The first-order chi connectivity index (χ1) is 10.5. The molecule has 0 saturated heterocycles. The Hall–Kier alpha value is -2.70. The van der Waals surface area contributed by atoms with Gasteiger partial charge in [-0.15, -0.1) is 5.10 Å². The summed E-state index contributed by atoms with van der Waals surface area (Å²) in [5.41, 5.74) is 6.78. The van der Waals surface area contributed by atoms with Gasteiger partial charge < -0.3 is 10.8 Å². The minimum Gasteiger partial charge on any atom is -0.476 e. The molecule has 0 unspecified atom stereocenters. The molecule has 0 saturated carbocycles. The van der Waals surface area contributed by atoms with Crippen LogP contribution in [0.1, 0.15) is 59.1 Å². The van der Waals surface area contributed by atoms with E-state index in [0.717, 1.165) is 12.8 Å². The molecule has 0 bridgehead atoms. The zero-order valence-electron chi connectivity index (χ0n) is 12.5. The Bertz CT molecular complexity index is 687. The van der Waals surface area contributed by atoms with Gasteiger partial charge in [-0.3, -0.25) is 4.79 Å². The lowest BCUT2D eigenvalue weighted by atomic mass is 9.97. The van der Waals surface area contributed by atoms with E-state index in [1.807, 2.05) is 13.8 Å². The largest absolute Gasteiger partial charge is 0.476 e. The van der Waals surface area contributed by atoms with Crippen molar-refractivity contribution < 1.29 is 14.7 Å². The maximum absolute atomic E-state index is 11.4. The van der Waals surface area contributed by atoms with Crippen LogP contribution in [0.2, 0.25) is 0 Å². The highest BCUT2D eigenvalue weighted by Crippen LogP contribution is 2.27. The van der Waals surface area contributed by atoms with E-state index >= 15 is 0 Å². The van der Waals surface area contributed by atoms with E-state index in [-0.39, 0.29) is 11.6 Å². The van der Waals surface area contributed by atoms with E-state index in [1.165, 1.54) is 4.68 Å². The van der Waals surface area contributed by atoms with Gasteiger partial charge >= 0.3 is 5.97 Å². The van der Waals surface area contributed by atoms with E-state index in [1.54, 1.807) is 24.3 Å². The monoisotopic (exact) mass is 302 g/mol. The molecule has 2 rings (SSSR count). The number of primary amides is 1. The molecule has 0 aliphatic rings. The summed E-state index contributed by atoms with van der Waals surface area (Å²) in [6.45, 7) is 3.99. The van der Waals surface area contributed by atoms with Gasteiger partial charge in [0.15, 0.2) is 5.69 Å². The number of benzene rings is 1. The van der Waals surface area contributed by atoms with Crippen LogP contribution in [0.4, 0.5) is 0 Å². The molecule has 22 heavy (non-hydrogen) atoms. The summed E-state index contributed by atoms with van der Waals surface area (Å²) in [6.07, 6.45) is 1.56. The third kappa shape index (κ3) is 2.83. The van der Waals surface area contributed by atoms with E-state index in [2.05, 4.69) is 10.3 Å². The van der Waals surface area contributed by atoms with Crippen LogP contribution in [-0.2, 0) is 0 Å². The quantitative estimate of drug-likeness (QED) is 0.847. The van der Waals surface area contributed by atoms with Gasteiger partial charge in [0.25, 0.3) is 0 Å². The second-order valence-corrected chi connectivity index (χ2v) is 4.96. The summed E-state index contributed by atoms with van der Waals surface area (Å²) >= 11 is 0. The zero-order chi connectivity index (χ0) is 16.3. The van der Waals surface area contributed by atoms with Gasteiger partial charge in [0.05, 0.1) is 11.4 Å². The summed E-state index contributed by atoms with van der Waals surface area (Å²) in [6, 6.07) is 6.51. The van der Waals surface area contributed by atoms with Crippen LogP contribution in [0.5, 0.6) is 0 Å². The number of nitrogens with two attached hydrogens (primary N) is 1. The molecule has 1 aromatic carbocycles. The maximum atomic E-state index is 11.4. The number of aromatic carboxylic acids is 1. The number of carbonyl (C=O) groups is 2. The molecule has 7 heteroatoms. The van der Waals surface area contributed by atoms with Crippen molar-refractivity contribution >= 4 is 11.9 Å². The lowest BCUT2D eigenvalue weighted by Gasteiger charge is -2.15. The Morgan fingerprint density at radius 3 is 2.27 bits per heavy atom. The lowest BCUT2D eigenvalue weighted by Crippen LogP contribution is -2.13. The van der Waals surface area contributed by atoms with Crippen molar-refractivity contribution in [1.29, 1.82) is 0 Å². The van der Waals surface area contributed by atoms with E-state index < -0.39 is 11.9 Å². The number of hydrogen-bond acceptors (Lipinski definition) is 4. The number of carboxylic acids is 1. The Morgan fingerprint density at radius 1 is 1.23 bits per heavy atom. The van der Waals surface area contributed by atoms with Crippen molar-refractivity contribution in [3.05, 3.63) is 41.2 Å². The van der Waals surface area contributed by atoms with Crippen LogP contribution in [0.25, 0.3) is 5.69 Å². The van der Waals surface area contributed by atoms with Crippen molar-refractivity contribution in [2.45, 2.75) is 32.6 Å². The Morgan fingerprint density at radius 2 is 1.82 bits per heavy atom. The normalized spacial score (nSPS) is 10.9. The number of carboxylic acid groups (broad SMARTS) is 1. The molecule has 116 valence electrons. The molecular formula is C15H18N4O3. The van der Waals surface area contributed by atoms with Crippen LogP contribution in [0.3, 0.4) is 0 Å². The number of aromatic nitrogens is 3. The number of amides is 1. The van der Waals surface area contributed by atoms with Crippen LogP contribution >= 0.6 is 0 Å².